The van der Waals surface area contributed by atoms with E-state index in [9.17, 15) is 0 Å². The zero-order valence-electron chi connectivity index (χ0n) is 8.61. The van der Waals surface area contributed by atoms with Gasteiger partial charge in [0.1, 0.15) is 5.75 Å². The van der Waals surface area contributed by atoms with Gasteiger partial charge in [-0.3, -0.25) is 0 Å². The summed E-state index contributed by atoms with van der Waals surface area (Å²) >= 11 is 0. The van der Waals surface area contributed by atoms with E-state index in [1.54, 1.807) is 7.11 Å². The molecular formula is C12H10N2O. The molecular weight excluding hydrogens is 188 g/mol. The Labute approximate surface area is 88.1 Å². The SMILES string of the molecule is C#Cc1nc(C)c2ccc(OC)cc2n1. The smallest absolute Gasteiger partial charge is 0.205 e. The van der Waals surface area contributed by atoms with E-state index in [0.717, 1.165) is 22.3 Å². The Morgan fingerprint density at radius 3 is 2.80 bits per heavy atom. The molecule has 1 aromatic carbocycles. The Morgan fingerprint density at radius 1 is 1.33 bits per heavy atom. The second-order valence-electron chi connectivity index (χ2n) is 3.16. The maximum absolute atomic E-state index is 5.27. The molecule has 0 unspecified atom stereocenters. The van der Waals surface area contributed by atoms with Crippen molar-refractivity contribution < 1.29 is 4.74 Å². The van der Waals surface area contributed by atoms with Crippen molar-refractivity contribution in [2.24, 2.45) is 0 Å². The molecule has 0 fully saturated rings. The average Bonchev–Trinajstić information content (AvgIpc) is 2.28. The number of nitrogens with zero attached hydrogens (tertiary/aromatic N) is 2. The summed E-state index contributed by atoms with van der Waals surface area (Å²) in [5.74, 6) is 3.61. The van der Waals surface area contributed by atoms with Crippen LogP contribution in [0.5, 0.6) is 5.75 Å². The Balaban J connectivity index is 2.76. The number of fused-ring (bicyclic) bond motifs is 1. The van der Waals surface area contributed by atoms with Gasteiger partial charge in [-0.1, -0.05) is 0 Å². The minimum absolute atomic E-state index is 0.410. The highest BCUT2D eigenvalue weighted by molar-refractivity contribution is 5.82. The van der Waals surface area contributed by atoms with Gasteiger partial charge in [-0.25, -0.2) is 9.97 Å². The van der Waals surface area contributed by atoms with E-state index in [0.29, 0.717) is 5.82 Å². The third-order valence-electron chi connectivity index (χ3n) is 2.22. The number of benzene rings is 1. The Hall–Kier alpha value is -2.08. The first kappa shape index (κ1) is 9.47. The van der Waals surface area contributed by atoms with Crippen LogP contribution in [0.15, 0.2) is 18.2 Å². The van der Waals surface area contributed by atoms with E-state index in [4.69, 9.17) is 11.2 Å². The van der Waals surface area contributed by atoms with Crippen molar-refractivity contribution in [3.05, 3.63) is 29.7 Å². The number of hydrogen-bond donors (Lipinski definition) is 0. The summed E-state index contributed by atoms with van der Waals surface area (Å²) in [6.45, 7) is 1.91. The molecule has 3 nitrogen and oxygen atoms in total. The van der Waals surface area contributed by atoms with Gasteiger partial charge < -0.3 is 4.74 Å². The van der Waals surface area contributed by atoms with Gasteiger partial charge in [0.25, 0.3) is 0 Å². The summed E-state index contributed by atoms with van der Waals surface area (Å²) in [4.78, 5) is 8.42. The van der Waals surface area contributed by atoms with Gasteiger partial charge in [0, 0.05) is 17.1 Å². The van der Waals surface area contributed by atoms with E-state index in [2.05, 4.69) is 15.9 Å². The quantitative estimate of drug-likeness (QED) is 0.657. The number of aryl methyl sites for hydroxylation is 1. The topological polar surface area (TPSA) is 35.0 Å². The fraction of sp³-hybridized carbons (Fsp3) is 0.167. The van der Waals surface area contributed by atoms with Crippen LogP contribution in [0.2, 0.25) is 0 Å². The minimum Gasteiger partial charge on any atom is -0.497 e. The fourth-order valence-electron chi connectivity index (χ4n) is 1.46. The standard InChI is InChI=1S/C12H10N2O/c1-4-12-13-8(2)10-6-5-9(15-3)7-11(10)14-12/h1,5-7H,2-3H3. The maximum Gasteiger partial charge on any atom is 0.205 e. The van der Waals surface area contributed by atoms with Crippen LogP contribution in [0.25, 0.3) is 10.9 Å². The monoisotopic (exact) mass is 198 g/mol. The van der Waals surface area contributed by atoms with Gasteiger partial charge in [-0.2, -0.15) is 0 Å². The lowest BCUT2D eigenvalue weighted by molar-refractivity contribution is 0.415. The lowest BCUT2D eigenvalue weighted by Crippen LogP contribution is -1.94. The summed E-state index contributed by atoms with van der Waals surface area (Å²) in [6, 6.07) is 5.67. The molecule has 0 aliphatic rings. The Kier molecular flexibility index (Phi) is 2.26. The van der Waals surface area contributed by atoms with E-state index in [-0.39, 0.29) is 0 Å². The first-order valence-corrected chi connectivity index (χ1v) is 4.53. The van der Waals surface area contributed by atoms with Gasteiger partial charge in [0.05, 0.1) is 12.6 Å². The molecule has 15 heavy (non-hydrogen) atoms. The molecule has 74 valence electrons. The number of rotatable bonds is 1. The van der Waals surface area contributed by atoms with E-state index in [1.807, 2.05) is 25.1 Å². The third kappa shape index (κ3) is 1.62. The molecule has 0 spiro atoms. The first-order valence-electron chi connectivity index (χ1n) is 4.53. The Bertz CT molecular complexity index is 555. The largest absolute Gasteiger partial charge is 0.497 e. The summed E-state index contributed by atoms with van der Waals surface area (Å²) in [5.41, 5.74) is 1.70. The van der Waals surface area contributed by atoms with E-state index < -0.39 is 0 Å². The average molecular weight is 198 g/mol. The van der Waals surface area contributed by atoms with Gasteiger partial charge in [0.15, 0.2) is 0 Å². The molecule has 3 heteroatoms. The summed E-state index contributed by atoms with van der Waals surface area (Å²) in [7, 11) is 1.62. The molecule has 1 heterocycles. The molecule has 2 aromatic rings. The van der Waals surface area contributed by atoms with Crippen molar-refractivity contribution in [3.63, 3.8) is 0 Å². The van der Waals surface area contributed by atoms with Crippen molar-refractivity contribution in [1.29, 1.82) is 0 Å². The molecule has 0 N–H and O–H groups in total. The Morgan fingerprint density at radius 2 is 2.13 bits per heavy atom. The van der Waals surface area contributed by atoms with Crippen LogP contribution < -0.4 is 4.74 Å². The van der Waals surface area contributed by atoms with Gasteiger partial charge in [0.2, 0.25) is 5.82 Å². The molecule has 0 aliphatic carbocycles. The minimum atomic E-state index is 0.410. The zero-order chi connectivity index (χ0) is 10.8. The van der Waals surface area contributed by atoms with Crippen molar-refractivity contribution in [3.8, 4) is 18.1 Å². The molecule has 2 rings (SSSR count). The first-order chi connectivity index (χ1) is 7.24. The summed E-state index contributed by atoms with van der Waals surface area (Å²) in [5, 5.41) is 0.995. The molecule has 0 radical (unpaired) electrons. The number of terminal acetylenes is 1. The molecule has 0 atom stereocenters. The molecule has 0 amide bonds. The van der Waals surface area contributed by atoms with Gasteiger partial charge >= 0.3 is 0 Å². The molecule has 0 saturated carbocycles. The number of aromatic nitrogens is 2. The van der Waals surface area contributed by atoms with Crippen LogP contribution in [0, 0.1) is 19.3 Å². The van der Waals surface area contributed by atoms with Crippen molar-refractivity contribution in [2.75, 3.05) is 7.11 Å². The molecule has 0 bridgehead atoms. The van der Waals surface area contributed by atoms with Crippen molar-refractivity contribution in [2.45, 2.75) is 6.92 Å². The second kappa shape index (κ2) is 3.58. The lowest BCUT2D eigenvalue weighted by Gasteiger charge is -2.04. The molecule has 0 aliphatic heterocycles. The number of ether oxygens (including phenoxy) is 1. The molecule has 1 aromatic heterocycles. The number of methoxy groups -OCH3 is 1. The highest BCUT2D eigenvalue weighted by Gasteiger charge is 2.03. The fourth-order valence-corrected chi connectivity index (χ4v) is 1.46. The van der Waals surface area contributed by atoms with Gasteiger partial charge in [-0.15, -0.1) is 6.42 Å². The predicted octanol–water partition coefficient (Wildman–Crippen LogP) is 1.93. The summed E-state index contributed by atoms with van der Waals surface area (Å²) in [6.07, 6.45) is 5.27. The van der Waals surface area contributed by atoms with Crippen LogP contribution in [-0.2, 0) is 0 Å². The van der Waals surface area contributed by atoms with E-state index in [1.165, 1.54) is 0 Å². The van der Waals surface area contributed by atoms with Crippen molar-refractivity contribution >= 4 is 10.9 Å². The normalized spacial score (nSPS) is 9.93. The van der Waals surface area contributed by atoms with Gasteiger partial charge in [-0.05, 0) is 25.0 Å². The second-order valence-corrected chi connectivity index (χ2v) is 3.16. The highest BCUT2D eigenvalue weighted by atomic mass is 16.5. The van der Waals surface area contributed by atoms with Crippen LogP contribution >= 0.6 is 0 Å². The molecule has 0 saturated heterocycles. The number of hydrogen-bond acceptors (Lipinski definition) is 3. The maximum atomic E-state index is 5.27. The summed E-state index contributed by atoms with van der Waals surface area (Å²) < 4.78 is 5.12. The highest BCUT2D eigenvalue weighted by Crippen LogP contribution is 2.20. The lowest BCUT2D eigenvalue weighted by atomic mass is 10.2. The van der Waals surface area contributed by atoms with Crippen LogP contribution in [-0.4, -0.2) is 17.1 Å². The van der Waals surface area contributed by atoms with E-state index >= 15 is 0 Å². The zero-order valence-corrected chi connectivity index (χ0v) is 8.61. The van der Waals surface area contributed by atoms with Crippen LogP contribution in [0.3, 0.4) is 0 Å². The van der Waals surface area contributed by atoms with Crippen molar-refractivity contribution in [1.82, 2.24) is 9.97 Å². The predicted molar refractivity (Wildman–Crippen MR) is 58.8 cm³/mol. The van der Waals surface area contributed by atoms with Crippen LogP contribution in [0.1, 0.15) is 11.5 Å². The van der Waals surface area contributed by atoms with Crippen LogP contribution in [0.4, 0.5) is 0 Å². The third-order valence-corrected chi connectivity index (χ3v) is 2.22.